The zero-order valence-electron chi connectivity index (χ0n) is 12.1. The van der Waals surface area contributed by atoms with Crippen molar-refractivity contribution in [2.45, 2.75) is 6.92 Å². The second-order valence-electron chi connectivity index (χ2n) is 5.24. The van der Waals surface area contributed by atoms with E-state index in [1.54, 1.807) is 12.1 Å². The summed E-state index contributed by atoms with van der Waals surface area (Å²) in [5, 5.41) is 14.1. The maximum absolute atomic E-state index is 10.7. The molecule has 0 radical (unpaired) electrons. The normalized spacial score (nSPS) is 16.1. The summed E-state index contributed by atoms with van der Waals surface area (Å²) in [5.41, 5.74) is 2.16. The number of nitrogens with one attached hydrogen (secondary N) is 1. The quantitative estimate of drug-likeness (QED) is 0.648. The molecule has 2 rings (SSSR count). The van der Waals surface area contributed by atoms with Crippen LogP contribution in [0.25, 0.3) is 0 Å². The van der Waals surface area contributed by atoms with Crippen LogP contribution in [0.5, 0.6) is 0 Å². The third-order valence-corrected chi connectivity index (χ3v) is 3.76. The standard InChI is InChI=1S/C14H22N4O2/c1-12-11-13(18(19)20)3-4-14(12)16(2)9-10-17-7-5-15-6-8-17/h3-4,11,15H,5-10H2,1-2H3. The highest BCUT2D eigenvalue weighted by Crippen LogP contribution is 2.23. The van der Waals surface area contributed by atoms with Gasteiger partial charge >= 0.3 is 0 Å². The lowest BCUT2D eigenvalue weighted by atomic mass is 10.1. The molecule has 20 heavy (non-hydrogen) atoms. The number of piperazine rings is 1. The van der Waals surface area contributed by atoms with E-state index < -0.39 is 0 Å². The van der Waals surface area contributed by atoms with Gasteiger partial charge in [-0.2, -0.15) is 0 Å². The van der Waals surface area contributed by atoms with Gasteiger partial charge in [0.15, 0.2) is 0 Å². The average molecular weight is 278 g/mol. The lowest BCUT2D eigenvalue weighted by Crippen LogP contribution is -2.46. The smallest absolute Gasteiger partial charge is 0.269 e. The molecule has 0 bridgehead atoms. The fourth-order valence-corrected chi connectivity index (χ4v) is 2.53. The van der Waals surface area contributed by atoms with Crippen molar-refractivity contribution in [1.82, 2.24) is 10.2 Å². The second-order valence-corrected chi connectivity index (χ2v) is 5.24. The van der Waals surface area contributed by atoms with Gasteiger partial charge < -0.3 is 10.2 Å². The first-order chi connectivity index (χ1) is 9.58. The van der Waals surface area contributed by atoms with Crippen molar-refractivity contribution >= 4 is 11.4 Å². The van der Waals surface area contributed by atoms with Gasteiger partial charge in [-0.3, -0.25) is 15.0 Å². The maximum atomic E-state index is 10.7. The Hall–Kier alpha value is -1.66. The van der Waals surface area contributed by atoms with Gasteiger partial charge in [0.1, 0.15) is 0 Å². The molecule has 0 spiro atoms. The summed E-state index contributed by atoms with van der Waals surface area (Å²) in [7, 11) is 2.04. The highest BCUT2D eigenvalue weighted by atomic mass is 16.6. The zero-order valence-corrected chi connectivity index (χ0v) is 12.1. The molecular formula is C14H22N4O2. The molecule has 1 aliphatic heterocycles. The first kappa shape index (κ1) is 14.7. The Kier molecular flexibility index (Phi) is 4.92. The van der Waals surface area contributed by atoms with Crippen LogP contribution in [-0.4, -0.2) is 56.1 Å². The molecule has 0 aliphatic carbocycles. The monoisotopic (exact) mass is 278 g/mol. The molecule has 1 heterocycles. The predicted molar refractivity (Wildman–Crippen MR) is 80.4 cm³/mol. The Labute approximate surface area is 119 Å². The van der Waals surface area contributed by atoms with Gasteiger partial charge in [0, 0.05) is 64.1 Å². The number of nitrogens with zero attached hydrogens (tertiary/aromatic N) is 3. The minimum atomic E-state index is -0.350. The zero-order chi connectivity index (χ0) is 14.5. The molecular weight excluding hydrogens is 256 g/mol. The Morgan fingerprint density at radius 2 is 2.10 bits per heavy atom. The van der Waals surface area contributed by atoms with Crippen LogP contribution >= 0.6 is 0 Å². The van der Waals surface area contributed by atoms with Gasteiger partial charge in [-0.15, -0.1) is 0 Å². The molecule has 1 aliphatic rings. The van der Waals surface area contributed by atoms with Crippen LogP contribution in [0.3, 0.4) is 0 Å². The summed E-state index contributed by atoms with van der Waals surface area (Å²) in [6.45, 7) is 8.16. The molecule has 6 heteroatoms. The average Bonchev–Trinajstić information content (AvgIpc) is 2.45. The summed E-state index contributed by atoms with van der Waals surface area (Å²) in [6.07, 6.45) is 0. The van der Waals surface area contributed by atoms with Crippen molar-refractivity contribution in [1.29, 1.82) is 0 Å². The topological polar surface area (TPSA) is 61.7 Å². The van der Waals surface area contributed by atoms with Crippen LogP contribution < -0.4 is 10.2 Å². The van der Waals surface area contributed by atoms with Crippen molar-refractivity contribution < 1.29 is 4.92 Å². The van der Waals surface area contributed by atoms with E-state index in [2.05, 4.69) is 15.1 Å². The number of aryl methyl sites for hydroxylation is 1. The van der Waals surface area contributed by atoms with Crippen molar-refractivity contribution in [3.05, 3.63) is 33.9 Å². The Bertz CT molecular complexity index is 472. The number of anilines is 1. The summed E-state index contributed by atoms with van der Waals surface area (Å²) >= 11 is 0. The maximum Gasteiger partial charge on any atom is 0.269 e. The molecule has 1 aromatic carbocycles. The lowest BCUT2D eigenvalue weighted by molar-refractivity contribution is -0.384. The van der Waals surface area contributed by atoms with Crippen LogP contribution in [0.1, 0.15) is 5.56 Å². The van der Waals surface area contributed by atoms with Crippen LogP contribution in [-0.2, 0) is 0 Å². The molecule has 0 unspecified atom stereocenters. The molecule has 110 valence electrons. The molecule has 1 aromatic rings. The van der Waals surface area contributed by atoms with E-state index in [1.807, 2.05) is 20.0 Å². The van der Waals surface area contributed by atoms with Crippen molar-refractivity contribution in [2.75, 3.05) is 51.2 Å². The first-order valence-electron chi connectivity index (χ1n) is 6.97. The van der Waals surface area contributed by atoms with E-state index in [0.29, 0.717) is 0 Å². The molecule has 1 saturated heterocycles. The van der Waals surface area contributed by atoms with E-state index in [-0.39, 0.29) is 10.6 Å². The number of nitro benzene ring substituents is 1. The van der Waals surface area contributed by atoms with Gasteiger partial charge in [0.2, 0.25) is 0 Å². The summed E-state index contributed by atoms with van der Waals surface area (Å²) in [4.78, 5) is 15.0. The largest absolute Gasteiger partial charge is 0.373 e. The Balaban J connectivity index is 1.94. The SMILES string of the molecule is Cc1cc([N+](=O)[O-])ccc1N(C)CCN1CCNCC1. The van der Waals surface area contributed by atoms with Crippen molar-refractivity contribution in [2.24, 2.45) is 0 Å². The minimum absolute atomic E-state index is 0.154. The molecule has 0 amide bonds. The minimum Gasteiger partial charge on any atom is -0.373 e. The van der Waals surface area contributed by atoms with Crippen LogP contribution in [0, 0.1) is 17.0 Å². The van der Waals surface area contributed by atoms with Gasteiger partial charge in [0.05, 0.1) is 4.92 Å². The van der Waals surface area contributed by atoms with Gasteiger partial charge in [0.25, 0.3) is 5.69 Å². The van der Waals surface area contributed by atoms with Gasteiger partial charge in [-0.1, -0.05) is 0 Å². The fourth-order valence-electron chi connectivity index (χ4n) is 2.53. The summed E-state index contributed by atoms with van der Waals surface area (Å²) in [6, 6.07) is 5.05. The highest BCUT2D eigenvalue weighted by molar-refractivity contribution is 5.56. The third kappa shape index (κ3) is 3.68. The number of nitro groups is 1. The molecule has 0 aromatic heterocycles. The molecule has 6 nitrogen and oxygen atoms in total. The molecule has 1 fully saturated rings. The van der Waals surface area contributed by atoms with Gasteiger partial charge in [-0.25, -0.2) is 0 Å². The second kappa shape index (κ2) is 6.67. The number of benzene rings is 1. The Morgan fingerprint density at radius 3 is 2.70 bits per heavy atom. The molecule has 1 N–H and O–H groups in total. The summed E-state index contributed by atoms with van der Waals surface area (Å²) in [5.74, 6) is 0. The third-order valence-electron chi connectivity index (χ3n) is 3.76. The predicted octanol–water partition coefficient (Wildman–Crippen LogP) is 1.24. The van der Waals surface area contributed by atoms with E-state index in [1.165, 1.54) is 0 Å². The summed E-state index contributed by atoms with van der Waals surface area (Å²) < 4.78 is 0. The van der Waals surface area contributed by atoms with Crippen LogP contribution in [0.15, 0.2) is 18.2 Å². The number of hydrogen-bond donors (Lipinski definition) is 1. The highest BCUT2D eigenvalue weighted by Gasteiger charge is 2.13. The van der Waals surface area contributed by atoms with Crippen molar-refractivity contribution in [3.63, 3.8) is 0 Å². The molecule has 0 saturated carbocycles. The fraction of sp³-hybridized carbons (Fsp3) is 0.571. The Morgan fingerprint density at radius 1 is 1.40 bits per heavy atom. The lowest BCUT2D eigenvalue weighted by Gasteiger charge is -2.30. The van der Waals surface area contributed by atoms with E-state index in [9.17, 15) is 10.1 Å². The number of likely N-dealkylation sites (N-methyl/N-ethyl adjacent to an activating group) is 1. The van der Waals surface area contributed by atoms with Crippen LogP contribution in [0.2, 0.25) is 0 Å². The van der Waals surface area contributed by atoms with E-state index in [0.717, 1.165) is 50.5 Å². The van der Waals surface area contributed by atoms with E-state index >= 15 is 0 Å². The first-order valence-corrected chi connectivity index (χ1v) is 6.97. The molecule has 0 atom stereocenters. The number of hydrogen-bond acceptors (Lipinski definition) is 5. The van der Waals surface area contributed by atoms with E-state index in [4.69, 9.17) is 0 Å². The van der Waals surface area contributed by atoms with Gasteiger partial charge in [-0.05, 0) is 18.6 Å². The number of non-ortho nitro benzene ring substituents is 1. The number of rotatable bonds is 5. The van der Waals surface area contributed by atoms with Crippen molar-refractivity contribution in [3.8, 4) is 0 Å². The van der Waals surface area contributed by atoms with Crippen LogP contribution in [0.4, 0.5) is 11.4 Å².